The zero-order valence-electron chi connectivity index (χ0n) is 12.8. The van der Waals surface area contributed by atoms with E-state index in [-0.39, 0.29) is 5.91 Å². The molecule has 0 saturated heterocycles. The Bertz CT molecular complexity index is 623. The van der Waals surface area contributed by atoms with Crippen LogP contribution in [0.25, 0.3) is 0 Å². The molecule has 2 aromatic rings. The molecule has 0 atom stereocenters. The highest BCUT2D eigenvalue weighted by molar-refractivity contribution is 6.03. The smallest absolute Gasteiger partial charge is 0.276 e. The number of carbonyl (C=O) groups is 1. The Morgan fingerprint density at radius 2 is 2.18 bits per heavy atom. The summed E-state index contributed by atoms with van der Waals surface area (Å²) in [6.45, 7) is 3.67. The Morgan fingerprint density at radius 1 is 1.36 bits per heavy atom. The lowest BCUT2D eigenvalue weighted by molar-refractivity contribution is 0.102. The predicted octanol–water partition coefficient (Wildman–Crippen LogP) is 3.26. The minimum atomic E-state index is -0.202. The molecule has 5 heteroatoms. The van der Waals surface area contributed by atoms with Crippen LogP contribution in [0, 0.1) is 0 Å². The molecule has 0 unspecified atom stereocenters. The van der Waals surface area contributed by atoms with Crippen molar-refractivity contribution in [2.24, 2.45) is 0 Å². The van der Waals surface area contributed by atoms with Crippen molar-refractivity contribution in [1.82, 2.24) is 9.78 Å². The number of hydrogen-bond acceptors (Lipinski definition) is 3. The number of benzene rings is 1. The van der Waals surface area contributed by atoms with E-state index in [1.54, 1.807) is 10.7 Å². The van der Waals surface area contributed by atoms with E-state index >= 15 is 0 Å². The third-order valence-electron chi connectivity index (χ3n) is 3.77. The van der Waals surface area contributed by atoms with Crippen LogP contribution in [-0.2, 0) is 13.0 Å². The van der Waals surface area contributed by atoms with Crippen LogP contribution in [-0.4, -0.2) is 22.3 Å². The molecule has 116 valence electrons. The van der Waals surface area contributed by atoms with E-state index in [9.17, 15) is 4.79 Å². The molecule has 2 heterocycles. The summed E-state index contributed by atoms with van der Waals surface area (Å²) in [6.07, 6.45) is 4.38. The third kappa shape index (κ3) is 3.30. The maximum Gasteiger partial charge on any atom is 0.276 e. The van der Waals surface area contributed by atoms with Gasteiger partial charge in [-0.2, -0.15) is 5.10 Å². The number of nitrogens with one attached hydrogen (secondary N) is 1. The van der Waals surface area contributed by atoms with Gasteiger partial charge in [0.05, 0.1) is 6.61 Å². The summed E-state index contributed by atoms with van der Waals surface area (Å²) in [5, 5.41) is 7.16. The van der Waals surface area contributed by atoms with Crippen molar-refractivity contribution in [1.29, 1.82) is 0 Å². The number of anilines is 1. The minimum Gasteiger partial charge on any atom is -0.478 e. The zero-order chi connectivity index (χ0) is 15.4. The molecule has 0 saturated carbocycles. The molecular formula is C17H21N3O2. The second kappa shape index (κ2) is 6.64. The lowest BCUT2D eigenvalue weighted by atomic mass is 10.1. The van der Waals surface area contributed by atoms with Crippen LogP contribution in [0.3, 0.4) is 0 Å². The zero-order valence-corrected chi connectivity index (χ0v) is 12.8. The van der Waals surface area contributed by atoms with Crippen LogP contribution in [0.2, 0.25) is 0 Å². The van der Waals surface area contributed by atoms with Crippen molar-refractivity contribution in [2.45, 2.75) is 39.2 Å². The largest absolute Gasteiger partial charge is 0.478 e. The average Bonchev–Trinajstić information content (AvgIpc) is 2.98. The molecule has 1 aromatic carbocycles. The molecule has 0 radical (unpaired) electrons. The van der Waals surface area contributed by atoms with Crippen LogP contribution in [0.5, 0.6) is 5.88 Å². The van der Waals surface area contributed by atoms with Crippen molar-refractivity contribution >= 4 is 11.6 Å². The fraction of sp³-hybridized carbons (Fsp3) is 0.412. The molecular weight excluding hydrogens is 278 g/mol. The minimum absolute atomic E-state index is 0.202. The van der Waals surface area contributed by atoms with Gasteiger partial charge in [-0.15, -0.1) is 0 Å². The molecule has 1 aliphatic heterocycles. The molecule has 0 spiro atoms. The van der Waals surface area contributed by atoms with E-state index in [1.165, 1.54) is 18.4 Å². The van der Waals surface area contributed by atoms with E-state index in [1.807, 2.05) is 12.1 Å². The average molecular weight is 299 g/mol. The first-order valence-electron chi connectivity index (χ1n) is 7.87. The molecule has 1 amide bonds. The Morgan fingerprint density at radius 3 is 2.91 bits per heavy atom. The van der Waals surface area contributed by atoms with Gasteiger partial charge in [-0.05, 0) is 30.5 Å². The van der Waals surface area contributed by atoms with Crippen LogP contribution in [0.4, 0.5) is 5.69 Å². The van der Waals surface area contributed by atoms with Crippen molar-refractivity contribution in [3.8, 4) is 5.88 Å². The molecule has 0 bridgehead atoms. The van der Waals surface area contributed by atoms with E-state index in [2.05, 4.69) is 29.5 Å². The van der Waals surface area contributed by atoms with E-state index in [4.69, 9.17) is 4.74 Å². The van der Waals surface area contributed by atoms with Gasteiger partial charge in [-0.1, -0.05) is 25.5 Å². The molecule has 0 aliphatic carbocycles. The number of amides is 1. The quantitative estimate of drug-likeness (QED) is 0.922. The second-order valence-electron chi connectivity index (χ2n) is 5.55. The highest BCUT2D eigenvalue weighted by Crippen LogP contribution is 2.19. The van der Waals surface area contributed by atoms with Gasteiger partial charge in [-0.3, -0.25) is 4.79 Å². The number of nitrogens with zero attached hydrogens (tertiary/aromatic N) is 2. The first kappa shape index (κ1) is 14.6. The van der Waals surface area contributed by atoms with Gasteiger partial charge >= 0.3 is 0 Å². The number of unbranched alkanes of at least 4 members (excludes halogenated alkanes) is 1. The van der Waals surface area contributed by atoms with Crippen LogP contribution < -0.4 is 10.1 Å². The normalized spacial score (nSPS) is 13.3. The first-order chi connectivity index (χ1) is 10.8. The second-order valence-corrected chi connectivity index (χ2v) is 5.55. The number of hydrogen-bond donors (Lipinski definition) is 1. The van der Waals surface area contributed by atoms with E-state index in [0.717, 1.165) is 25.1 Å². The predicted molar refractivity (Wildman–Crippen MR) is 85.3 cm³/mol. The first-order valence-corrected chi connectivity index (χ1v) is 7.87. The highest BCUT2D eigenvalue weighted by atomic mass is 16.5. The summed E-state index contributed by atoms with van der Waals surface area (Å²) in [7, 11) is 0. The third-order valence-corrected chi connectivity index (χ3v) is 3.77. The SMILES string of the molecule is CCCCc1ccc(NC(=O)c2cc3n(n2)CCCO3)cc1. The molecule has 1 aliphatic rings. The number of rotatable bonds is 5. The maximum atomic E-state index is 12.2. The molecule has 1 aromatic heterocycles. The van der Waals surface area contributed by atoms with Crippen LogP contribution in [0.15, 0.2) is 30.3 Å². The van der Waals surface area contributed by atoms with Crippen LogP contribution >= 0.6 is 0 Å². The van der Waals surface area contributed by atoms with Gasteiger partial charge in [0.15, 0.2) is 5.69 Å². The van der Waals surface area contributed by atoms with Crippen molar-refractivity contribution in [3.05, 3.63) is 41.6 Å². The van der Waals surface area contributed by atoms with Gasteiger partial charge in [0.2, 0.25) is 5.88 Å². The van der Waals surface area contributed by atoms with Crippen molar-refractivity contribution in [3.63, 3.8) is 0 Å². The number of fused-ring (bicyclic) bond motifs is 1. The Balaban J connectivity index is 1.64. The summed E-state index contributed by atoms with van der Waals surface area (Å²) in [6, 6.07) is 9.70. The fourth-order valence-electron chi connectivity index (χ4n) is 2.51. The topological polar surface area (TPSA) is 56.2 Å². The summed E-state index contributed by atoms with van der Waals surface area (Å²) < 4.78 is 7.22. The number of aryl methyl sites for hydroxylation is 2. The van der Waals surface area contributed by atoms with E-state index < -0.39 is 0 Å². The van der Waals surface area contributed by atoms with E-state index in [0.29, 0.717) is 18.2 Å². The summed E-state index contributed by atoms with van der Waals surface area (Å²) in [4.78, 5) is 12.2. The Labute approximate surface area is 130 Å². The molecule has 3 rings (SSSR count). The monoisotopic (exact) mass is 299 g/mol. The van der Waals surface area contributed by atoms with Crippen molar-refractivity contribution in [2.75, 3.05) is 11.9 Å². The van der Waals surface area contributed by atoms with Crippen molar-refractivity contribution < 1.29 is 9.53 Å². The number of aromatic nitrogens is 2. The fourth-order valence-corrected chi connectivity index (χ4v) is 2.51. The van der Waals surface area contributed by atoms with Gasteiger partial charge in [-0.25, -0.2) is 4.68 Å². The summed E-state index contributed by atoms with van der Waals surface area (Å²) in [5.74, 6) is 0.470. The highest BCUT2D eigenvalue weighted by Gasteiger charge is 2.17. The lowest BCUT2D eigenvalue weighted by Gasteiger charge is -2.13. The maximum absolute atomic E-state index is 12.2. The van der Waals surface area contributed by atoms with Gasteiger partial charge < -0.3 is 10.1 Å². The standard InChI is InChI=1S/C17H21N3O2/c1-2-3-5-13-6-8-14(9-7-13)18-17(21)15-12-16-20(19-15)10-4-11-22-16/h6-9,12H,2-5,10-11H2,1H3,(H,18,21). The van der Waals surface area contributed by atoms with Gasteiger partial charge in [0, 0.05) is 24.7 Å². The molecule has 22 heavy (non-hydrogen) atoms. The number of carbonyl (C=O) groups excluding carboxylic acids is 1. The number of ether oxygens (including phenoxy) is 1. The molecule has 5 nitrogen and oxygen atoms in total. The molecule has 0 fully saturated rings. The van der Waals surface area contributed by atoms with Crippen LogP contribution in [0.1, 0.15) is 42.2 Å². The molecule has 1 N–H and O–H groups in total. The Kier molecular flexibility index (Phi) is 4.42. The van der Waals surface area contributed by atoms with Gasteiger partial charge in [0.1, 0.15) is 0 Å². The van der Waals surface area contributed by atoms with Gasteiger partial charge in [0.25, 0.3) is 5.91 Å². The lowest BCUT2D eigenvalue weighted by Crippen LogP contribution is -2.16. The summed E-state index contributed by atoms with van der Waals surface area (Å²) in [5.41, 5.74) is 2.48. The Hall–Kier alpha value is -2.30. The summed E-state index contributed by atoms with van der Waals surface area (Å²) >= 11 is 0.